The molecule has 0 unspecified atom stereocenters. The van der Waals surface area contributed by atoms with Crippen molar-refractivity contribution in [2.75, 3.05) is 13.1 Å². The first kappa shape index (κ1) is 17.8. The Morgan fingerprint density at radius 2 is 2.22 bits per heavy atom. The zero-order valence-electron chi connectivity index (χ0n) is 13.2. The topological polar surface area (TPSA) is 45.5 Å². The lowest BCUT2D eigenvalue weighted by molar-refractivity contribution is -0.144. The van der Waals surface area contributed by atoms with E-state index in [0.29, 0.717) is 13.1 Å². The standard InChI is InChI=1S/C16H23F3N2O2/c1-2-4-12-9-21(10-13-5-3-8-23-13)11-14(12)20-15(22)6-7-16(17,18)19/h3,5,8,12,14H,2,4,6-7,9-11H2,1H3,(H,20,22)/t12-,14-/m1/s1. The van der Waals surface area contributed by atoms with Gasteiger partial charge in [0.2, 0.25) is 5.91 Å². The number of likely N-dealkylation sites (tertiary alicyclic amines) is 1. The van der Waals surface area contributed by atoms with Crippen LogP contribution in [0, 0.1) is 5.92 Å². The second-order valence-electron chi connectivity index (χ2n) is 6.11. The number of nitrogens with one attached hydrogen (secondary N) is 1. The Labute approximate surface area is 134 Å². The molecule has 4 nitrogen and oxygen atoms in total. The second kappa shape index (κ2) is 7.86. The van der Waals surface area contributed by atoms with Gasteiger partial charge in [0.25, 0.3) is 0 Å². The second-order valence-corrected chi connectivity index (χ2v) is 6.11. The number of nitrogens with zero attached hydrogens (tertiary/aromatic N) is 1. The lowest BCUT2D eigenvalue weighted by atomic mass is 9.98. The number of hydrogen-bond acceptors (Lipinski definition) is 3. The molecule has 0 spiro atoms. The summed E-state index contributed by atoms with van der Waals surface area (Å²) in [7, 11) is 0. The highest BCUT2D eigenvalue weighted by Gasteiger charge is 2.34. The maximum atomic E-state index is 12.2. The Morgan fingerprint density at radius 3 is 2.83 bits per heavy atom. The number of carbonyl (C=O) groups is 1. The quantitative estimate of drug-likeness (QED) is 0.833. The minimum atomic E-state index is -4.29. The Hall–Kier alpha value is -1.50. The fraction of sp³-hybridized carbons (Fsp3) is 0.688. The zero-order chi connectivity index (χ0) is 16.9. The van der Waals surface area contributed by atoms with Crippen molar-refractivity contribution in [1.82, 2.24) is 10.2 Å². The van der Waals surface area contributed by atoms with Gasteiger partial charge in [0, 0.05) is 25.6 Å². The number of amides is 1. The van der Waals surface area contributed by atoms with Crippen LogP contribution in [-0.4, -0.2) is 36.1 Å². The third-order valence-corrected chi connectivity index (χ3v) is 4.12. The molecular formula is C16H23F3N2O2. The predicted molar refractivity (Wildman–Crippen MR) is 79.6 cm³/mol. The van der Waals surface area contributed by atoms with Gasteiger partial charge in [-0.25, -0.2) is 0 Å². The van der Waals surface area contributed by atoms with Gasteiger partial charge in [-0.05, 0) is 24.5 Å². The lowest BCUT2D eigenvalue weighted by Gasteiger charge is -2.19. The van der Waals surface area contributed by atoms with Gasteiger partial charge in [-0.3, -0.25) is 9.69 Å². The molecule has 0 aromatic carbocycles. The van der Waals surface area contributed by atoms with Crippen molar-refractivity contribution < 1.29 is 22.4 Å². The molecule has 1 aromatic heterocycles. The fourth-order valence-corrected chi connectivity index (χ4v) is 3.07. The van der Waals surface area contributed by atoms with Crippen LogP contribution in [0.4, 0.5) is 13.2 Å². The molecule has 2 heterocycles. The summed E-state index contributed by atoms with van der Waals surface area (Å²) in [6, 6.07) is 3.63. The summed E-state index contributed by atoms with van der Waals surface area (Å²) >= 11 is 0. The minimum absolute atomic E-state index is 0.0920. The molecule has 0 bridgehead atoms. The molecule has 1 aliphatic rings. The van der Waals surface area contributed by atoms with Crippen molar-refractivity contribution in [2.45, 2.75) is 51.4 Å². The minimum Gasteiger partial charge on any atom is -0.468 e. The number of furan rings is 1. The molecule has 1 fully saturated rings. The molecule has 0 radical (unpaired) electrons. The fourth-order valence-electron chi connectivity index (χ4n) is 3.07. The van der Waals surface area contributed by atoms with Crippen LogP contribution in [0.2, 0.25) is 0 Å². The number of alkyl halides is 3. The van der Waals surface area contributed by atoms with Crippen LogP contribution in [-0.2, 0) is 11.3 Å². The monoisotopic (exact) mass is 332 g/mol. The summed E-state index contributed by atoms with van der Waals surface area (Å²) in [5.74, 6) is 0.599. The molecule has 0 aliphatic carbocycles. The lowest BCUT2D eigenvalue weighted by Crippen LogP contribution is -2.40. The van der Waals surface area contributed by atoms with Crippen LogP contribution in [0.15, 0.2) is 22.8 Å². The highest BCUT2D eigenvalue weighted by atomic mass is 19.4. The van der Waals surface area contributed by atoms with Crippen molar-refractivity contribution in [1.29, 1.82) is 0 Å². The van der Waals surface area contributed by atoms with Gasteiger partial charge in [0.1, 0.15) is 5.76 Å². The summed E-state index contributed by atoms with van der Waals surface area (Å²) in [5, 5.41) is 2.78. The van der Waals surface area contributed by atoms with Crippen LogP contribution in [0.5, 0.6) is 0 Å². The molecule has 1 amide bonds. The van der Waals surface area contributed by atoms with Gasteiger partial charge in [0.05, 0.1) is 19.2 Å². The van der Waals surface area contributed by atoms with Crippen LogP contribution >= 0.6 is 0 Å². The van der Waals surface area contributed by atoms with E-state index in [9.17, 15) is 18.0 Å². The summed E-state index contributed by atoms with van der Waals surface area (Å²) < 4.78 is 41.9. The molecule has 2 atom stereocenters. The molecular weight excluding hydrogens is 309 g/mol. The van der Waals surface area contributed by atoms with E-state index in [1.165, 1.54) is 0 Å². The highest BCUT2D eigenvalue weighted by molar-refractivity contribution is 5.76. The van der Waals surface area contributed by atoms with Gasteiger partial charge in [-0.2, -0.15) is 13.2 Å². The van der Waals surface area contributed by atoms with E-state index in [2.05, 4.69) is 17.1 Å². The Kier molecular flexibility index (Phi) is 6.10. The van der Waals surface area contributed by atoms with Crippen LogP contribution in [0.3, 0.4) is 0 Å². The first-order chi connectivity index (χ1) is 10.9. The predicted octanol–water partition coefficient (Wildman–Crippen LogP) is 3.34. The third kappa shape index (κ3) is 5.89. The largest absolute Gasteiger partial charge is 0.468 e. The SMILES string of the molecule is CCC[C@@H]1CN(Cc2ccco2)C[C@H]1NC(=O)CCC(F)(F)F. The van der Waals surface area contributed by atoms with E-state index in [-0.39, 0.29) is 12.0 Å². The maximum Gasteiger partial charge on any atom is 0.389 e. The van der Waals surface area contributed by atoms with Gasteiger partial charge >= 0.3 is 6.18 Å². The van der Waals surface area contributed by atoms with Crippen molar-refractivity contribution in [3.63, 3.8) is 0 Å². The van der Waals surface area contributed by atoms with E-state index in [0.717, 1.165) is 25.1 Å². The van der Waals surface area contributed by atoms with E-state index < -0.39 is 24.9 Å². The molecule has 1 N–H and O–H groups in total. The molecule has 2 rings (SSSR count). The van der Waals surface area contributed by atoms with Crippen LogP contribution in [0.1, 0.15) is 38.4 Å². The van der Waals surface area contributed by atoms with E-state index in [1.54, 1.807) is 6.26 Å². The summed E-state index contributed by atoms with van der Waals surface area (Å²) in [6.07, 6.45) is -2.32. The molecule has 1 aromatic rings. The van der Waals surface area contributed by atoms with Gasteiger partial charge in [-0.1, -0.05) is 13.3 Å². The van der Waals surface area contributed by atoms with E-state index in [1.807, 2.05) is 12.1 Å². The molecule has 0 saturated carbocycles. The Morgan fingerprint density at radius 1 is 1.43 bits per heavy atom. The smallest absolute Gasteiger partial charge is 0.389 e. The van der Waals surface area contributed by atoms with Gasteiger partial charge < -0.3 is 9.73 Å². The number of rotatable bonds is 7. The zero-order valence-corrected chi connectivity index (χ0v) is 13.2. The summed E-state index contributed by atoms with van der Waals surface area (Å²) in [6.45, 7) is 4.18. The average Bonchev–Trinajstić information content (AvgIpc) is 3.08. The molecule has 1 saturated heterocycles. The average molecular weight is 332 g/mol. The molecule has 23 heavy (non-hydrogen) atoms. The first-order valence-electron chi connectivity index (χ1n) is 7.98. The normalized spacial score (nSPS) is 22.4. The van der Waals surface area contributed by atoms with E-state index in [4.69, 9.17) is 4.42 Å². The summed E-state index contributed by atoms with van der Waals surface area (Å²) in [4.78, 5) is 13.9. The van der Waals surface area contributed by atoms with Crippen molar-refractivity contribution in [3.8, 4) is 0 Å². The van der Waals surface area contributed by atoms with Crippen molar-refractivity contribution in [2.24, 2.45) is 5.92 Å². The maximum absolute atomic E-state index is 12.2. The molecule has 7 heteroatoms. The van der Waals surface area contributed by atoms with E-state index >= 15 is 0 Å². The van der Waals surface area contributed by atoms with Gasteiger partial charge in [0.15, 0.2) is 0 Å². The number of halogens is 3. The third-order valence-electron chi connectivity index (χ3n) is 4.12. The van der Waals surface area contributed by atoms with Crippen molar-refractivity contribution >= 4 is 5.91 Å². The first-order valence-corrected chi connectivity index (χ1v) is 7.98. The van der Waals surface area contributed by atoms with Crippen LogP contribution in [0.25, 0.3) is 0 Å². The van der Waals surface area contributed by atoms with Crippen LogP contribution < -0.4 is 5.32 Å². The number of hydrogen-bond donors (Lipinski definition) is 1. The number of carbonyl (C=O) groups excluding carboxylic acids is 1. The summed E-state index contributed by atoms with van der Waals surface area (Å²) in [5.41, 5.74) is 0. The Balaban J connectivity index is 1.86. The molecule has 130 valence electrons. The van der Waals surface area contributed by atoms with Gasteiger partial charge in [-0.15, -0.1) is 0 Å². The highest BCUT2D eigenvalue weighted by Crippen LogP contribution is 2.25. The van der Waals surface area contributed by atoms with Crippen molar-refractivity contribution in [3.05, 3.63) is 24.2 Å². The Bertz CT molecular complexity index is 488. The molecule has 1 aliphatic heterocycles.